The molecule has 2 aromatic carbocycles. The van der Waals surface area contributed by atoms with Crippen LogP contribution in [-0.2, 0) is 9.59 Å². The largest absolute Gasteiger partial charge is 0.325 e. The van der Waals surface area contributed by atoms with E-state index >= 15 is 0 Å². The maximum atomic E-state index is 12.6. The summed E-state index contributed by atoms with van der Waals surface area (Å²) >= 11 is 6.09. The van der Waals surface area contributed by atoms with Gasteiger partial charge < -0.3 is 10.6 Å². The molecule has 0 unspecified atom stereocenters. The number of benzene rings is 2. The van der Waals surface area contributed by atoms with Crippen LogP contribution < -0.4 is 10.6 Å². The van der Waals surface area contributed by atoms with E-state index in [1.807, 2.05) is 45.0 Å². The predicted octanol–water partition coefficient (Wildman–Crippen LogP) is 4.62. The van der Waals surface area contributed by atoms with Crippen molar-refractivity contribution in [3.8, 4) is 0 Å². The summed E-state index contributed by atoms with van der Waals surface area (Å²) in [5, 5.41) is 6.28. The number of anilines is 2. The Morgan fingerprint density at radius 3 is 1.84 bits per heavy atom. The Kier molecular flexibility index (Phi) is 4.56. The molecule has 1 fully saturated rings. The normalized spacial score (nSPS) is 14.7. The van der Waals surface area contributed by atoms with Crippen LogP contribution in [-0.4, -0.2) is 11.8 Å². The van der Waals surface area contributed by atoms with Gasteiger partial charge in [0, 0.05) is 16.4 Å². The summed E-state index contributed by atoms with van der Waals surface area (Å²) in [6.45, 7) is 5.91. The molecule has 0 radical (unpaired) electrons. The van der Waals surface area contributed by atoms with Gasteiger partial charge in [-0.2, -0.15) is 0 Å². The third kappa shape index (κ3) is 3.54. The van der Waals surface area contributed by atoms with Crippen LogP contribution >= 0.6 is 11.6 Å². The van der Waals surface area contributed by atoms with Crippen LogP contribution in [0, 0.1) is 26.2 Å². The molecule has 0 heterocycles. The van der Waals surface area contributed by atoms with Crippen LogP contribution in [0.3, 0.4) is 0 Å². The minimum atomic E-state index is -0.990. The Bertz CT molecular complexity index is 789. The molecule has 5 heteroatoms. The van der Waals surface area contributed by atoms with Crippen LogP contribution in [0.15, 0.2) is 36.4 Å². The van der Waals surface area contributed by atoms with Crippen molar-refractivity contribution in [1.29, 1.82) is 0 Å². The van der Waals surface area contributed by atoms with Crippen molar-refractivity contribution in [3.63, 3.8) is 0 Å². The number of nitrogens with one attached hydrogen (secondary N) is 2. The van der Waals surface area contributed by atoms with E-state index in [2.05, 4.69) is 10.6 Å². The Hall–Kier alpha value is -2.33. The highest BCUT2D eigenvalue weighted by atomic mass is 35.5. The van der Waals surface area contributed by atoms with Crippen LogP contribution in [0.5, 0.6) is 0 Å². The topological polar surface area (TPSA) is 58.2 Å². The third-order valence-corrected chi connectivity index (χ3v) is 5.22. The van der Waals surface area contributed by atoms with Crippen molar-refractivity contribution >= 4 is 34.8 Å². The lowest BCUT2D eigenvalue weighted by Crippen LogP contribution is -2.35. The van der Waals surface area contributed by atoms with E-state index in [-0.39, 0.29) is 11.8 Å². The molecule has 0 spiro atoms. The number of carbonyl (C=O) groups is 2. The second kappa shape index (κ2) is 6.52. The fourth-order valence-electron chi connectivity index (χ4n) is 2.67. The smallest absolute Gasteiger partial charge is 0.240 e. The zero-order valence-corrected chi connectivity index (χ0v) is 15.3. The first kappa shape index (κ1) is 17.5. The molecule has 1 aliphatic carbocycles. The Morgan fingerprint density at radius 2 is 1.36 bits per heavy atom. The van der Waals surface area contributed by atoms with Gasteiger partial charge in [-0.3, -0.25) is 9.59 Å². The molecule has 0 atom stereocenters. The Labute approximate surface area is 152 Å². The van der Waals surface area contributed by atoms with Crippen LogP contribution in [0.25, 0.3) is 0 Å². The second-order valence-electron chi connectivity index (χ2n) is 6.75. The zero-order chi connectivity index (χ0) is 18.2. The minimum Gasteiger partial charge on any atom is -0.325 e. The van der Waals surface area contributed by atoms with E-state index in [0.29, 0.717) is 29.2 Å². The number of rotatable bonds is 4. The van der Waals surface area contributed by atoms with Gasteiger partial charge in [0.15, 0.2) is 0 Å². The highest BCUT2D eigenvalue weighted by Crippen LogP contribution is 2.47. The standard InChI is InChI=1S/C20H21ClN2O2/c1-12-4-6-15(10-14(12)3)22-18(24)20(8-9-20)19(25)23-16-7-5-13(2)17(21)11-16/h4-7,10-11H,8-9H2,1-3H3,(H,22,24)(H,23,25). The molecular weight excluding hydrogens is 336 g/mol. The number of hydrogen-bond donors (Lipinski definition) is 2. The lowest BCUT2D eigenvalue weighted by Gasteiger charge is -2.16. The van der Waals surface area contributed by atoms with Gasteiger partial charge in [0.05, 0.1) is 0 Å². The molecular formula is C20H21ClN2O2. The third-order valence-electron chi connectivity index (χ3n) is 4.81. The van der Waals surface area contributed by atoms with Gasteiger partial charge in [-0.1, -0.05) is 23.7 Å². The molecule has 0 aliphatic heterocycles. The van der Waals surface area contributed by atoms with Crippen LogP contribution in [0.1, 0.15) is 29.5 Å². The zero-order valence-electron chi connectivity index (χ0n) is 14.6. The van der Waals surface area contributed by atoms with E-state index in [1.165, 1.54) is 0 Å². The lowest BCUT2D eigenvalue weighted by molar-refractivity contribution is -0.131. The molecule has 25 heavy (non-hydrogen) atoms. The molecule has 1 saturated carbocycles. The molecule has 0 bridgehead atoms. The highest BCUT2D eigenvalue weighted by molar-refractivity contribution is 6.31. The summed E-state index contributed by atoms with van der Waals surface area (Å²) in [6, 6.07) is 11.1. The number of aryl methyl sites for hydroxylation is 3. The summed E-state index contributed by atoms with van der Waals surface area (Å²) in [4.78, 5) is 25.3. The number of hydrogen-bond acceptors (Lipinski definition) is 2. The first-order valence-corrected chi connectivity index (χ1v) is 8.66. The highest BCUT2D eigenvalue weighted by Gasteiger charge is 2.56. The summed E-state index contributed by atoms with van der Waals surface area (Å²) in [6.07, 6.45) is 1.10. The van der Waals surface area contributed by atoms with Gasteiger partial charge in [0.2, 0.25) is 11.8 Å². The molecule has 1 aliphatic rings. The van der Waals surface area contributed by atoms with E-state index < -0.39 is 5.41 Å². The van der Waals surface area contributed by atoms with Crippen molar-refractivity contribution in [2.45, 2.75) is 33.6 Å². The summed E-state index contributed by atoms with van der Waals surface area (Å²) in [5.74, 6) is -0.541. The fraction of sp³-hybridized carbons (Fsp3) is 0.300. The van der Waals surface area contributed by atoms with Crippen molar-refractivity contribution in [3.05, 3.63) is 58.1 Å². The molecule has 2 aromatic rings. The van der Waals surface area contributed by atoms with Crippen molar-refractivity contribution < 1.29 is 9.59 Å². The number of amides is 2. The molecule has 2 amide bonds. The van der Waals surface area contributed by atoms with Gasteiger partial charge in [0.25, 0.3) is 0 Å². The molecule has 130 valence electrons. The minimum absolute atomic E-state index is 0.258. The molecule has 4 nitrogen and oxygen atoms in total. The average molecular weight is 357 g/mol. The summed E-state index contributed by atoms with van der Waals surface area (Å²) < 4.78 is 0. The molecule has 2 N–H and O–H groups in total. The van der Waals surface area contributed by atoms with E-state index in [4.69, 9.17) is 11.6 Å². The van der Waals surface area contributed by atoms with Crippen molar-refractivity contribution in [2.75, 3.05) is 10.6 Å². The van der Waals surface area contributed by atoms with E-state index in [9.17, 15) is 9.59 Å². The van der Waals surface area contributed by atoms with E-state index in [1.54, 1.807) is 12.1 Å². The maximum absolute atomic E-state index is 12.6. The van der Waals surface area contributed by atoms with Gasteiger partial charge in [0.1, 0.15) is 5.41 Å². The SMILES string of the molecule is Cc1ccc(NC(=O)C2(C(=O)Nc3ccc(C)c(Cl)c3)CC2)cc1C. The van der Waals surface area contributed by atoms with Gasteiger partial charge in [-0.25, -0.2) is 0 Å². The van der Waals surface area contributed by atoms with Crippen molar-refractivity contribution in [2.24, 2.45) is 5.41 Å². The average Bonchev–Trinajstić information content (AvgIpc) is 3.36. The van der Waals surface area contributed by atoms with Crippen molar-refractivity contribution in [1.82, 2.24) is 0 Å². The predicted molar refractivity (Wildman–Crippen MR) is 101 cm³/mol. The first-order valence-electron chi connectivity index (χ1n) is 8.28. The quantitative estimate of drug-likeness (QED) is 0.785. The second-order valence-corrected chi connectivity index (χ2v) is 7.16. The Balaban J connectivity index is 1.72. The molecule has 3 rings (SSSR count). The maximum Gasteiger partial charge on any atom is 0.240 e. The lowest BCUT2D eigenvalue weighted by atomic mass is 10.0. The first-order chi connectivity index (χ1) is 11.8. The monoisotopic (exact) mass is 356 g/mol. The van der Waals surface area contributed by atoms with Gasteiger partial charge in [-0.15, -0.1) is 0 Å². The van der Waals surface area contributed by atoms with Gasteiger partial charge >= 0.3 is 0 Å². The van der Waals surface area contributed by atoms with Gasteiger partial charge in [-0.05, 0) is 74.6 Å². The summed E-state index contributed by atoms with van der Waals surface area (Å²) in [5.41, 5.74) is 3.52. The fourth-order valence-corrected chi connectivity index (χ4v) is 2.85. The van der Waals surface area contributed by atoms with E-state index in [0.717, 1.165) is 16.7 Å². The van der Waals surface area contributed by atoms with Crippen LogP contribution in [0.2, 0.25) is 5.02 Å². The number of carbonyl (C=O) groups excluding carboxylic acids is 2. The molecule has 0 saturated heterocycles. The van der Waals surface area contributed by atoms with Crippen LogP contribution in [0.4, 0.5) is 11.4 Å². The number of halogens is 1. The summed E-state index contributed by atoms with van der Waals surface area (Å²) in [7, 11) is 0. The molecule has 0 aromatic heterocycles. The Morgan fingerprint density at radius 1 is 0.840 bits per heavy atom.